The van der Waals surface area contributed by atoms with Crippen LogP contribution >= 0.6 is 0 Å². The monoisotopic (exact) mass is 755 g/mol. The minimum absolute atomic E-state index is 0.0888. The minimum atomic E-state index is -0.0888. The summed E-state index contributed by atoms with van der Waals surface area (Å²) < 4.78 is 0. The molecule has 0 heterocycles. The van der Waals surface area contributed by atoms with Gasteiger partial charge in [0.05, 0.1) is 5.69 Å². The fourth-order valence-corrected chi connectivity index (χ4v) is 9.18. The fourth-order valence-electron chi connectivity index (χ4n) is 9.18. The Labute approximate surface area is 348 Å². The molecular weight excluding hydrogens is 711 g/mol. The molecule has 1 aliphatic carbocycles. The van der Waals surface area contributed by atoms with Crippen LogP contribution in [0.15, 0.2) is 231 Å². The molecule has 9 aromatic carbocycles. The van der Waals surface area contributed by atoms with Gasteiger partial charge in [-0.3, -0.25) is 0 Å². The molecule has 282 valence electrons. The van der Waals surface area contributed by atoms with Gasteiger partial charge in [0.25, 0.3) is 0 Å². The second-order valence-corrected chi connectivity index (χ2v) is 16.1. The third-order valence-corrected chi connectivity index (χ3v) is 12.2. The van der Waals surface area contributed by atoms with Crippen molar-refractivity contribution < 1.29 is 0 Å². The summed E-state index contributed by atoms with van der Waals surface area (Å²) in [7, 11) is 0. The van der Waals surface area contributed by atoms with Crippen molar-refractivity contribution in [1.82, 2.24) is 0 Å². The molecule has 0 aliphatic heterocycles. The largest absolute Gasteiger partial charge is 0.310 e. The number of hydrogen-bond donors (Lipinski definition) is 0. The van der Waals surface area contributed by atoms with E-state index in [-0.39, 0.29) is 11.3 Å². The van der Waals surface area contributed by atoms with Crippen LogP contribution in [0.4, 0.5) is 17.1 Å². The number of para-hydroxylation sites is 2. The van der Waals surface area contributed by atoms with Crippen molar-refractivity contribution >= 4 is 17.1 Å². The maximum absolute atomic E-state index is 2.42. The van der Waals surface area contributed by atoms with Crippen LogP contribution < -0.4 is 4.90 Å². The predicted molar refractivity (Wildman–Crippen MR) is 249 cm³/mol. The molecule has 1 nitrogen and oxygen atoms in total. The number of fused-ring (bicyclic) bond motifs is 3. The van der Waals surface area contributed by atoms with E-state index in [0.717, 1.165) is 17.1 Å². The second-order valence-electron chi connectivity index (χ2n) is 16.1. The summed E-state index contributed by atoms with van der Waals surface area (Å²) in [5.41, 5.74) is 19.8. The molecule has 0 N–H and O–H groups in total. The normalized spacial score (nSPS) is 13.0. The molecule has 1 heteroatoms. The van der Waals surface area contributed by atoms with Crippen molar-refractivity contribution in [3.63, 3.8) is 0 Å². The minimum Gasteiger partial charge on any atom is -0.310 e. The molecule has 0 saturated carbocycles. The Bertz CT molecular complexity index is 2860. The lowest BCUT2D eigenvalue weighted by Crippen LogP contribution is -2.16. The van der Waals surface area contributed by atoms with Crippen LogP contribution in [0.5, 0.6) is 0 Å². The van der Waals surface area contributed by atoms with Crippen molar-refractivity contribution in [2.75, 3.05) is 4.90 Å². The zero-order chi connectivity index (χ0) is 39.8. The van der Waals surface area contributed by atoms with E-state index in [1.807, 2.05) is 0 Å². The lowest BCUT2D eigenvalue weighted by atomic mass is 9.82. The summed E-state index contributed by atoms with van der Waals surface area (Å²) in [6.07, 6.45) is 0. The molecule has 0 amide bonds. The van der Waals surface area contributed by atoms with Crippen molar-refractivity contribution in [2.45, 2.75) is 25.2 Å². The third kappa shape index (κ3) is 6.75. The van der Waals surface area contributed by atoms with Crippen LogP contribution in [0.1, 0.15) is 47.6 Å². The Morgan fingerprint density at radius 2 is 0.763 bits per heavy atom. The van der Waals surface area contributed by atoms with Gasteiger partial charge in [-0.25, -0.2) is 0 Å². The van der Waals surface area contributed by atoms with Gasteiger partial charge >= 0.3 is 0 Å². The van der Waals surface area contributed by atoms with Crippen LogP contribution in [0, 0.1) is 0 Å². The summed E-state index contributed by atoms with van der Waals surface area (Å²) in [5.74, 6) is 0.133. The molecule has 9 aromatic rings. The molecule has 0 aromatic heterocycles. The summed E-state index contributed by atoms with van der Waals surface area (Å²) in [6, 6.07) is 84.2. The van der Waals surface area contributed by atoms with E-state index in [4.69, 9.17) is 0 Å². The van der Waals surface area contributed by atoms with Crippen LogP contribution in [-0.2, 0) is 5.41 Å². The summed E-state index contributed by atoms with van der Waals surface area (Å²) in [5, 5.41) is 0. The Morgan fingerprint density at radius 1 is 0.322 bits per heavy atom. The zero-order valence-corrected chi connectivity index (χ0v) is 33.5. The predicted octanol–water partition coefficient (Wildman–Crippen LogP) is 15.6. The first kappa shape index (κ1) is 36.1. The van der Waals surface area contributed by atoms with Gasteiger partial charge in [0.15, 0.2) is 0 Å². The molecule has 1 aliphatic rings. The smallest absolute Gasteiger partial charge is 0.0540 e. The number of hydrogen-bond acceptors (Lipinski definition) is 1. The van der Waals surface area contributed by atoms with Gasteiger partial charge < -0.3 is 4.90 Å². The molecule has 0 bridgehead atoms. The average molecular weight is 756 g/mol. The van der Waals surface area contributed by atoms with E-state index in [1.54, 1.807) is 0 Å². The molecule has 1 atom stereocenters. The molecule has 59 heavy (non-hydrogen) atoms. The van der Waals surface area contributed by atoms with E-state index in [1.165, 1.54) is 72.3 Å². The van der Waals surface area contributed by atoms with Gasteiger partial charge in [0.1, 0.15) is 0 Å². The number of benzene rings is 9. The first-order chi connectivity index (χ1) is 29.0. The SMILES string of the molecule is CC1(C)c2ccccc2-c2ccc(N(c3ccccc3)c3ccccc3-c3ccc(-c4ccc(C(c5ccccc5)c5ccc(-c6ccccc6)cc5)cc4)cc3)cc21. The lowest BCUT2D eigenvalue weighted by molar-refractivity contribution is 0.660. The second kappa shape index (κ2) is 15.3. The Morgan fingerprint density at radius 3 is 1.39 bits per heavy atom. The highest BCUT2D eigenvalue weighted by Gasteiger charge is 2.36. The molecule has 1 unspecified atom stereocenters. The number of nitrogens with zero attached hydrogens (tertiary/aromatic N) is 1. The number of anilines is 3. The molecule has 0 spiro atoms. The van der Waals surface area contributed by atoms with E-state index in [0.29, 0.717) is 0 Å². The third-order valence-electron chi connectivity index (χ3n) is 12.2. The Balaban J connectivity index is 0.969. The average Bonchev–Trinajstić information content (AvgIpc) is 3.53. The van der Waals surface area contributed by atoms with Crippen molar-refractivity contribution in [1.29, 1.82) is 0 Å². The standard InChI is InChI=1S/C58H45N/c1-58(2)54-24-14-12-23-52(54)53-39-38-50(40-55(53)58)59(49-20-10-5-11-21-49)56-25-15-13-22-51(56)45-32-26-43(27-33-45)44-30-36-48(37-31-44)57(46-18-8-4-9-19-46)47-34-28-42(29-35-47)41-16-6-3-7-17-41/h3-40,57H,1-2H3. The van der Waals surface area contributed by atoms with Crippen LogP contribution in [-0.4, -0.2) is 0 Å². The first-order valence-corrected chi connectivity index (χ1v) is 20.6. The highest BCUT2D eigenvalue weighted by Crippen LogP contribution is 2.51. The highest BCUT2D eigenvalue weighted by molar-refractivity contribution is 5.91. The van der Waals surface area contributed by atoms with Crippen molar-refractivity contribution in [3.8, 4) is 44.5 Å². The first-order valence-electron chi connectivity index (χ1n) is 20.6. The topological polar surface area (TPSA) is 3.24 Å². The van der Waals surface area contributed by atoms with Crippen LogP contribution in [0.25, 0.3) is 44.5 Å². The van der Waals surface area contributed by atoms with Gasteiger partial charge in [-0.05, 0) is 97.1 Å². The maximum Gasteiger partial charge on any atom is 0.0540 e. The Kier molecular flexibility index (Phi) is 9.35. The summed E-state index contributed by atoms with van der Waals surface area (Å²) >= 11 is 0. The number of rotatable bonds is 9. The van der Waals surface area contributed by atoms with Crippen molar-refractivity contribution in [2.24, 2.45) is 0 Å². The maximum atomic E-state index is 2.42. The van der Waals surface area contributed by atoms with Gasteiger partial charge in [-0.1, -0.05) is 214 Å². The molecule has 0 fully saturated rings. The van der Waals surface area contributed by atoms with E-state index < -0.39 is 0 Å². The summed E-state index contributed by atoms with van der Waals surface area (Å²) in [6.45, 7) is 4.70. The molecule has 0 radical (unpaired) electrons. The quantitative estimate of drug-likeness (QED) is 0.133. The van der Waals surface area contributed by atoms with Gasteiger partial charge in [0, 0.05) is 28.3 Å². The fraction of sp³-hybridized carbons (Fsp3) is 0.0690. The van der Waals surface area contributed by atoms with E-state index in [2.05, 4.69) is 249 Å². The van der Waals surface area contributed by atoms with Crippen LogP contribution in [0.2, 0.25) is 0 Å². The van der Waals surface area contributed by atoms with E-state index in [9.17, 15) is 0 Å². The van der Waals surface area contributed by atoms with Crippen LogP contribution in [0.3, 0.4) is 0 Å². The Hall–Kier alpha value is -7.22. The van der Waals surface area contributed by atoms with E-state index >= 15 is 0 Å². The molecule has 0 saturated heterocycles. The summed E-state index contributed by atoms with van der Waals surface area (Å²) in [4.78, 5) is 2.42. The molecule has 10 rings (SSSR count). The highest BCUT2D eigenvalue weighted by atomic mass is 15.1. The zero-order valence-electron chi connectivity index (χ0n) is 33.5. The molecular formula is C58H45N. The van der Waals surface area contributed by atoms with Crippen molar-refractivity contribution in [3.05, 3.63) is 258 Å². The lowest BCUT2D eigenvalue weighted by Gasteiger charge is -2.29. The van der Waals surface area contributed by atoms with Gasteiger partial charge in [0.2, 0.25) is 0 Å². The van der Waals surface area contributed by atoms with Gasteiger partial charge in [-0.15, -0.1) is 0 Å². The van der Waals surface area contributed by atoms with Gasteiger partial charge in [-0.2, -0.15) is 0 Å².